The minimum Gasteiger partial charge on any atom is -0.494 e. The molecule has 0 saturated heterocycles. The van der Waals surface area contributed by atoms with Gasteiger partial charge in [0.15, 0.2) is 0 Å². The molecule has 0 spiro atoms. The van der Waals surface area contributed by atoms with E-state index in [-0.39, 0.29) is 12.5 Å². The van der Waals surface area contributed by atoms with Gasteiger partial charge in [-0.15, -0.1) is 0 Å². The molecule has 1 aromatic heterocycles. The summed E-state index contributed by atoms with van der Waals surface area (Å²) in [5.74, 6) is 2.42. The van der Waals surface area contributed by atoms with Crippen LogP contribution in [-0.4, -0.2) is 29.9 Å². The highest BCUT2D eigenvalue weighted by molar-refractivity contribution is 7.94. The first-order chi connectivity index (χ1) is 16.1. The number of benzene rings is 2. The maximum Gasteiger partial charge on any atom is 0.243 e. The fourth-order valence-corrected chi connectivity index (χ4v) is 3.40. The number of hydrogen-bond donors (Lipinski definition) is 0. The Labute approximate surface area is 198 Å². The van der Waals surface area contributed by atoms with Crippen LogP contribution in [0.2, 0.25) is 0 Å². The minimum atomic E-state index is -0.178. The molecule has 174 valence electrons. The number of carbonyl (C=O) groups excluding carboxylic acids is 1. The van der Waals surface area contributed by atoms with Gasteiger partial charge >= 0.3 is 0 Å². The van der Waals surface area contributed by atoms with Crippen LogP contribution in [0.3, 0.4) is 0 Å². The van der Waals surface area contributed by atoms with Gasteiger partial charge in [-0.25, -0.2) is 4.98 Å². The molecule has 33 heavy (non-hydrogen) atoms. The maximum absolute atomic E-state index is 12.7. The van der Waals surface area contributed by atoms with Crippen molar-refractivity contribution < 1.29 is 22.9 Å². The Hall–Kier alpha value is -3.26. The zero-order chi connectivity index (χ0) is 23.5. The Balaban J connectivity index is 1.91. The topological polar surface area (TPSA) is 60.9 Å². The molecule has 3 aromatic rings. The molecule has 1 amide bonds. The SMILES string of the molecule is CCOc1ccc(OCCCSF)c(CN(C(C)=O)c2cccnc2Oc2ccccc2)c1. The van der Waals surface area contributed by atoms with E-state index >= 15 is 0 Å². The molecule has 0 aliphatic heterocycles. The summed E-state index contributed by atoms with van der Waals surface area (Å²) in [6, 6.07) is 18.3. The first-order valence-corrected chi connectivity index (χ1v) is 11.6. The molecule has 0 aliphatic rings. The van der Waals surface area contributed by atoms with Crippen molar-refractivity contribution in [2.75, 3.05) is 23.9 Å². The summed E-state index contributed by atoms with van der Waals surface area (Å²) in [5, 5.41) is 0. The number of pyridine rings is 1. The molecular weight excluding hydrogens is 443 g/mol. The third kappa shape index (κ3) is 7.12. The van der Waals surface area contributed by atoms with Crippen molar-refractivity contribution in [3.05, 3.63) is 72.4 Å². The van der Waals surface area contributed by atoms with Crippen LogP contribution in [0.15, 0.2) is 66.9 Å². The summed E-state index contributed by atoms with van der Waals surface area (Å²) in [5.41, 5.74) is 1.30. The van der Waals surface area contributed by atoms with Crippen LogP contribution in [-0.2, 0) is 11.3 Å². The number of para-hydroxylation sites is 1. The van der Waals surface area contributed by atoms with Gasteiger partial charge in [-0.2, -0.15) is 3.89 Å². The number of ether oxygens (including phenoxy) is 3. The van der Waals surface area contributed by atoms with E-state index in [1.807, 2.05) is 55.5 Å². The molecule has 0 unspecified atom stereocenters. The number of anilines is 1. The molecule has 0 N–H and O–H groups in total. The van der Waals surface area contributed by atoms with E-state index in [1.165, 1.54) is 6.92 Å². The fourth-order valence-electron chi connectivity index (χ4n) is 3.18. The van der Waals surface area contributed by atoms with E-state index in [0.717, 1.165) is 5.56 Å². The second-order valence-electron chi connectivity index (χ2n) is 7.07. The smallest absolute Gasteiger partial charge is 0.243 e. The number of rotatable bonds is 12. The predicted octanol–water partition coefficient (Wildman–Crippen LogP) is 6.21. The highest BCUT2D eigenvalue weighted by Crippen LogP contribution is 2.33. The van der Waals surface area contributed by atoms with Crippen molar-refractivity contribution in [3.63, 3.8) is 0 Å². The van der Waals surface area contributed by atoms with Crippen LogP contribution in [0.5, 0.6) is 23.1 Å². The van der Waals surface area contributed by atoms with Crippen molar-refractivity contribution in [2.45, 2.75) is 26.8 Å². The van der Waals surface area contributed by atoms with Gasteiger partial charge in [-0.05, 0) is 55.8 Å². The van der Waals surface area contributed by atoms with E-state index in [0.29, 0.717) is 66.4 Å². The van der Waals surface area contributed by atoms with Crippen LogP contribution in [0.4, 0.5) is 9.57 Å². The molecule has 0 aliphatic carbocycles. The fraction of sp³-hybridized carbons (Fsp3) is 0.280. The van der Waals surface area contributed by atoms with E-state index < -0.39 is 0 Å². The van der Waals surface area contributed by atoms with Gasteiger partial charge in [0.25, 0.3) is 0 Å². The van der Waals surface area contributed by atoms with Crippen LogP contribution in [0.1, 0.15) is 25.8 Å². The second-order valence-corrected chi connectivity index (χ2v) is 7.69. The minimum absolute atomic E-state index is 0.178. The number of halogens is 1. The van der Waals surface area contributed by atoms with Crippen LogP contribution >= 0.6 is 12.1 Å². The number of carbonyl (C=O) groups is 1. The summed E-state index contributed by atoms with van der Waals surface area (Å²) < 4.78 is 29.9. The Morgan fingerprint density at radius 1 is 1.06 bits per heavy atom. The Morgan fingerprint density at radius 2 is 1.88 bits per heavy atom. The molecule has 3 rings (SSSR count). The Morgan fingerprint density at radius 3 is 2.61 bits per heavy atom. The van der Waals surface area contributed by atoms with Gasteiger partial charge in [0.2, 0.25) is 11.8 Å². The normalized spacial score (nSPS) is 10.5. The number of nitrogens with zero attached hydrogens (tertiary/aromatic N) is 2. The average molecular weight is 471 g/mol. The van der Waals surface area contributed by atoms with E-state index in [2.05, 4.69) is 4.98 Å². The predicted molar refractivity (Wildman–Crippen MR) is 129 cm³/mol. The van der Waals surface area contributed by atoms with E-state index in [9.17, 15) is 8.68 Å². The number of aromatic nitrogens is 1. The largest absolute Gasteiger partial charge is 0.494 e. The molecule has 8 heteroatoms. The second kappa shape index (κ2) is 12.7. The maximum atomic E-state index is 12.7. The monoisotopic (exact) mass is 470 g/mol. The van der Waals surface area contributed by atoms with E-state index in [4.69, 9.17) is 14.2 Å². The van der Waals surface area contributed by atoms with Gasteiger partial charge in [0.1, 0.15) is 22.9 Å². The van der Waals surface area contributed by atoms with E-state index in [1.54, 1.807) is 23.2 Å². The Kier molecular flexibility index (Phi) is 9.38. The third-order valence-corrected chi connectivity index (χ3v) is 5.12. The van der Waals surface area contributed by atoms with Crippen molar-refractivity contribution >= 4 is 23.7 Å². The summed E-state index contributed by atoms with van der Waals surface area (Å²) in [6.45, 7) is 4.50. The summed E-state index contributed by atoms with van der Waals surface area (Å²) in [7, 11) is 0. The van der Waals surface area contributed by atoms with Gasteiger partial charge in [-0.3, -0.25) is 4.79 Å². The first kappa shape index (κ1) is 24.4. The molecular formula is C25H27FN2O4S. The first-order valence-electron chi connectivity index (χ1n) is 10.7. The highest BCUT2D eigenvalue weighted by atomic mass is 32.2. The molecule has 0 saturated carbocycles. The van der Waals surface area contributed by atoms with Crippen molar-refractivity contribution in [1.82, 2.24) is 4.98 Å². The van der Waals surface area contributed by atoms with Crippen molar-refractivity contribution in [1.29, 1.82) is 0 Å². The van der Waals surface area contributed by atoms with Crippen LogP contribution in [0, 0.1) is 0 Å². The lowest BCUT2D eigenvalue weighted by Crippen LogP contribution is -2.28. The molecule has 1 heterocycles. The third-order valence-electron chi connectivity index (χ3n) is 4.67. The van der Waals surface area contributed by atoms with Gasteiger partial charge in [0.05, 0.1) is 19.8 Å². The van der Waals surface area contributed by atoms with Gasteiger partial charge in [0, 0.05) is 36.6 Å². The molecule has 0 radical (unpaired) electrons. The van der Waals surface area contributed by atoms with Crippen LogP contribution in [0.25, 0.3) is 0 Å². The molecule has 2 aromatic carbocycles. The van der Waals surface area contributed by atoms with Crippen molar-refractivity contribution in [3.8, 4) is 23.1 Å². The van der Waals surface area contributed by atoms with Crippen LogP contribution < -0.4 is 19.1 Å². The quantitative estimate of drug-likeness (QED) is 0.293. The summed E-state index contributed by atoms with van der Waals surface area (Å²) in [4.78, 5) is 18.6. The lowest BCUT2D eigenvalue weighted by Gasteiger charge is -2.24. The van der Waals surface area contributed by atoms with Gasteiger partial charge < -0.3 is 19.1 Å². The zero-order valence-corrected chi connectivity index (χ0v) is 19.5. The average Bonchev–Trinajstić information content (AvgIpc) is 2.82. The summed E-state index contributed by atoms with van der Waals surface area (Å²) in [6.07, 6.45) is 2.19. The number of hydrogen-bond acceptors (Lipinski definition) is 6. The summed E-state index contributed by atoms with van der Waals surface area (Å²) >= 11 is 0.290. The zero-order valence-electron chi connectivity index (χ0n) is 18.7. The lowest BCUT2D eigenvalue weighted by atomic mass is 10.1. The van der Waals surface area contributed by atoms with Gasteiger partial charge in [-0.1, -0.05) is 18.2 Å². The Bertz CT molecular complexity index is 1040. The molecule has 0 atom stereocenters. The lowest BCUT2D eigenvalue weighted by molar-refractivity contribution is -0.116. The molecule has 0 bridgehead atoms. The standard InChI is InChI=1S/C25H27FN2O4S/c1-3-30-22-12-13-24(31-15-8-16-33-26)20(17-22)18-28(19(2)29)23-11-7-14-27-25(23)32-21-9-5-4-6-10-21/h4-7,9-14,17H,3,8,15-16,18H2,1-2H3. The van der Waals surface area contributed by atoms with Crippen molar-refractivity contribution in [2.24, 2.45) is 0 Å². The number of amides is 1. The molecule has 0 fully saturated rings. The highest BCUT2D eigenvalue weighted by Gasteiger charge is 2.20. The molecule has 6 nitrogen and oxygen atoms in total.